The number of fused-ring (bicyclic) bond motifs is 6. The Labute approximate surface area is 503 Å². The molecule has 452 valence electrons. The van der Waals surface area contributed by atoms with Gasteiger partial charge in [-0.25, -0.2) is 14.4 Å². The van der Waals surface area contributed by atoms with Crippen molar-refractivity contribution in [2.45, 2.75) is 146 Å². The molecule has 6 aliphatic carbocycles. The SMILES string of the molecule is CCOC(=O)C1(N)Cc2ccc(OC)cc2C1.CCOC(=O)C1(NC(=O)c2cccc3c2CCCC3)Cc2ccc(OC)cc2C1.COc1ccc2c(c1)CC(NC(=O)c1cccc3c1CCCC3)(C(=O)O)C2.O=C(O)c1cccc2c1CCCC2. The van der Waals surface area contributed by atoms with Crippen molar-refractivity contribution in [3.05, 3.63) is 193 Å². The van der Waals surface area contributed by atoms with Crippen molar-refractivity contribution in [2.75, 3.05) is 34.5 Å². The topological polar surface area (TPSA) is 239 Å². The molecule has 16 nitrogen and oxygen atoms in total. The van der Waals surface area contributed by atoms with E-state index in [0.717, 1.165) is 132 Å². The van der Waals surface area contributed by atoms with Gasteiger partial charge in [0.15, 0.2) is 0 Å². The Hall–Kier alpha value is -8.50. The summed E-state index contributed by atoms with van der Waals surface area (Å²) >= 11 is 0. The minimum Gasteiger partial charge on any atom is -0.497 e. The van der Waals surface area contributed by atoms with Crippen molar-refractivity contribution in [2.24, 2.45) is 5.73 Å². The van der Waals surface area contributed by atoms with Gasteiger partial charge in [0.05, 0.1) is 40.1 Å². The number of carboxylic acids is 2. The van der Waals surface area contributed by atoms with Gasteiger partial charge in [0.1, 0.15) is 33.9 Å². The van der Waals surface area contributed by atoms with Gasteiger partial charge < -0.3 is 50.3 Å². The molecule has 2 amide bonds. The molecular weight excluding hydrogens is 1090 g/mol. The summed E-state index contributed by atoms with van der Waals surface area (Å²) in [7, 11) is 4.83. The van der Waals surface area contributed by atoms with Crippen molar-refractivity contribution >= 4 is 35.7 Å². The van der Waals surface area contributed by atoms with E-state index in [2.05, 4.69) is 22.8 Å². The molecule has 0 aromatic heterocycles. The molecule has 0 fully saturated rings. The lowest BCUT2D eigenvalue weighted by Gasteiger charge is -2.29. The summed E-state index contributed by atoms with van der Waals surface area (Å²) in [5, 5.41) is 24.8. The van der Waals surface area contributed by atoms with Crippen LogP contribution in [0.1, 0.15) is 150 Å². The third-order valence-electron chi connectivity index (χ3n) is 17.6. The van der Waals surface area contributed by atoms with Gasteiger partial charge in [-0.15, -0.1) is 0 Å². The normalized spacial score (nSPS) is 19.7. The molecule has 86 heavy (non-hydrogen) atoms. The monoisotopic (exact) mass is 1170 g/mol. The van der Waals surface area contributed by atoms with Gasteiger partial charge in [0, 0.05) is 49.7 Å². The van der Waals surface area contributed by atoms with E-state index in [1.165, 1.54) is 23.1 Å². The highest BCUT2D eigenvalue weighted by atomic mass is 16.5. The number of hydrogen-bond acceptors (Lipinski definition) is 12. The number of benzene rings is 6. The standard InChI is InChI=1S/C24H27NO4.C22H23NO4.C13H17NO3.C11H12O2/c1-3-29-23(27)24(14-17-11-12-19(28-2)13-18(17)15-24)25-22(26)21-10-6-8-16-7-4-5-9-20(16)21;1-27-17-10-9-15-12-22(21(25)26,13-16(15)11-17)23-20(24)19-8-4-6-14-5-2-3-7-18(14)19;1-3-17-12(15)13(14)7-9-4-5-11(16-2)6-10(9)8-13;12-11(13)10-7-3-5-8-4-1-2-6-9(8)10/h6,8,10-13H,3-5,7,9,14-15H2,1-2H3,(H,25,26);4,6,8-11H,2-3,5,7,12-13H2,1H3,(H,23,24)(H,25,26);4-6H,3,7-8,14H2,1-2H3;3,5,7H,1-2,4,6H2,(H,12,13). The summed E-state index contributed by atoms with van der Waals surface area (Å²) in [5.41, 5.74) is 17.6. The zero-order valence-electron chi connectivity index (χ0n) is 50.0. The van der Waals surface area contributed by atoms with Crippen LogP contribution in [0.15, 0.2) is 109 Å². The first-order chi connectivity index (χ1) is 41.5. The Kier molecular flexibility index (Phi) is 19.7. The third-order valence-corrected chi connectivity index (χ3v) is 17.6. The number of amides is 2. The number of carbonyl (C=O) groups is 6. The van der Waals surface area contributed by atoms with E-state index in [9.17, 15) is 33.9 Å². The van der Waals surface area contributed by atoms with E-state index in [0.29, 0.717) is 54.7 Å². The summed E-state index contributed by atoms with van der Waals surface area (Å²) in [6, 6.07) is 34.4. The molecule has 6 aromatic carbocycles. The van der Waals surface area contributed by atoms with E-state index in [1.54, 1.807) is 47.3 Å². The fourth-order valence-corrected chi connectivity index (χ4v) is 13.2. The number of hydrogen-bond donors (Lipinski definition) is 5. The Balaban J connectivity index is 0.000000143. The molecule has 0 aliphatic heterocycles. The van der Waals surface area contributed by atoms with Crippen molar-refractivity contribution in [1.82, 2.24) is 10.6 Å². The van der Waals surface area contributed by atoms with Crippen LogP contribution in [0.4, 0.5) is 0 Å². The van der Waals surface area contributed by atoms with E-state index >= 15 is 0 Å². The number of carboxylic acid groups (broad SMARTS) is 2. The molecule has 0 saturated carbocycles. The van der Waals surface area contributed by atoms with Crippen LogP contribution in [-0.2, 0) is 101 Å². The molecule has 6 aromatic rings. The quantitative estimate of drug-likeness (QED) is 0.0677. The molecule has 3 atom stereocenters. The van der Waals surface area contributed by atoms with Gasteiger partial charge in [-0.05, 0) is 212 Å². The van der Waals surface area contributed by atoms with Crippen LogP contribution in [0, 0.1) is 0 Å². The second-order valence-electron chi connectivity index (χ2n) is 23.2. The zero-order valence-corrected chi connectivity index (χ0v) is 50.0. The Morgan fingerprint density at radius 2 is 0.779 bits per heavy atom. The predicted octanol–water partition coefficient (Wildman–Crippen LogP) is 9.65. The van der Waals surface area contributed by atoms with Crippen LogP contribution in [-0.4, -0.2) is 97.1 Å². The van der Waals surface area contributed by atoms with Crippen molar-refractivity contribution in [3.8, 4) is 17.2 Å². The summed E-state index contributed by atoms with van der Waals surface area (Å²) in [6.45, 7) is 4.20. The highest BCUT2D eigenvalue weighted by Crippen LogP contribution is 2.37. The average molecular weight is 1170 g/mol. The zero-order chi connectivity index (χ0) is 61.2. The summed E-state index contributed by atoms with van der Waals surface area (Å²) in [6.07, 6.45) is 14.9. The van der Waals surface area contributed by atoms with Crippen molar-refractivity contribution in [1.29, 1.82) is 0 Å². The minimum absolute atomic E-state index is 0.198. The molecule has 0 saturated heterocycles. The number of aliphatic carboxylic acids is 1. The lowest BCUT2D eigenvalue weighted by Crippen LogP contribution is -2.56. The Morgan fingerprint density at radius 3 is 1.21 bits per heavy atom. The molecule has 6 N–H and O–H groups in total. The largest absolute Gasteiger partial charge is 0.497 e. The van der Waals surface area contributed by atoms with Crippen LogP contribution in [0.25, 0.3) is 0 Å². The fourth-order valence-electron chi connectivity index (χ4n) is 13.2. The third kappa shape index (κ3) is 13.6. The van der Waals surface area contributed by atoms with Crippen LogP contribution in [0.3, 0.4) is 0 Å². The number of ether oxygens (including phenoxy) is 5. The lowest BCUT2D eigenvalue weighted by atomic mass is 9.87. The first-order valence-corrected chi connectivity index (χ1v) is 30.0. The predicted molar refractivity (Wildman–Crippen MR) is 326 cm³/mol. The van der Waals surface area contributed by atoms with E-state index < -0.39 is 28.6 Å². The van der Waals surface area contributed by atoms with Crippen LogP contribution < -0.4 is 30.6 Å². The molecule has 0 radical (unpaired) electrons. The van der Waals surface area contributed by atoms with Gasteiger partial charge in [0.2, 0.25) is 0 Å². The fraction of sp³-hybridized carbons (Fsp3) is 0.400. The molecule has 0 bridgehead atoms. The number of carbonyl (C=O) groups excluding carboxylic acids is 4. The summed E-state index contributed by atoms with van der Waals surface area (Å²) in [4.78, 5) is 74.2. The number of methoxy groups -OCH3 is 3. The second kappa shape index (κ2) is 27.3. The Morgan fingerprint density at radius 1 is 0.430 bits per heavy atom. The molecule has 12 rings (SSSR count). The summed E-state index contributed by atoms with van der Waals surface area (Å²) in [5.74, 6) is -0.771. The highest BCUT2D eigenvalue weighted by molar-refractivity contribution is 6.01. The first-order valence-electron chi connectivity index (χ1n) is 30.0. The minimum atomic E-state index is -1.32. The number of nitrogens with two attached hydrogens (primary N) is 1. The number of rotatable bonds is 13. The smallest absolute Gasteiger partial charge is 0.335 e. The molecule has 3 unspecified atom stereocenters. The summed E-state index contributed by atoms with van der Waals surface area (Å²) < 4.78 is 26.1. The van der Waals surface area contributed by atoms with E-state index in [-0.39, 0.29) is 43.2 Å². The van der Waals surface area contributed by atoms with Crippen molar-refractivity contribution in [3.63, 3.8) is 0 Å². The van der Waals surface area contributed by atoms with Crippen molar-refractivity contribution < 1.29 is 62.7 Å². The van der Waals surface area contributed by atoms with E-state index in [1.807, 2.05) is 84.9 Å². The van der Waals surface area contributed by atoms with Gasteiger partial charge in [-0.3, -0.25) is 14.4 Å². The van der Waals surface area contributed by atoms with Gasteiger partial charge in [-0.1, -0.05) is 54.6 Å². The number of aromatic carboxylic acids is 1. The lowest BCUT2D eigenvalue weighted by molar-refractivity contribution is -0.150. The van der Waals surface area contributed by atoms with Gasteiger partial charge >= 0.3 is 23.9 Å². The van der Waals surface area contributed by atoms with Crippen LogP contribution >= 0.6 is 0 Å². The molecule has 0 heterocycles. The van der Waals surface area contributed by atoms with Crippen LogP contribution in [0.5, 0.6) is 17.2 Å². The van der Waals surface area contributed by atoms with E-state index in [4.69, 9.17) is 34.5 Å². The molecule has 0 spiro atoms. The average Bonchev–Trinajstić information content (AvgIpc) is 1.88. The first kappa shape index (κ1) is 62.0. The maximum absolute atomic E-state index is 13.3. The van der Waals surface area contributed by atoms with Crippen LogP contribution in [0.2, 0.25) is 0 Å². The Bertz CT molecular complexity index is 3540. The highest BCUT2D eigenvalue weighted by Gasteiger charge is 2.48. The number of aryl methyl sites for hydroxylation is 3. The second-order valence-corrected chi connectivity index (χ2v) is 23.2. The maximum atomic E-state index is 13.3. The molecule has 16 heteroatoms. The maximum Gasteiger partial charge on any atom is 0.335 e. The van der Waals surface area contributed by atoms with Gasteiger partial charge in [-0.2, -0.15) is 0 Å². The molecular formula is C70H79N3O13. The van der Waals surface area contributed by atoms with Gasteiger partial charge in [0.25, 0.3) is 11.8 Å². The number of esters is 2. The molecule has 6 aliphatic rings. The number of nitrogens with one attached hydrogen (secondary N) is 2.